The number of rotatable bonds is 5. The highest BCUT2D eigenvalue weighted by atomic mass is 16.5. The Morgan fingerprint density at radius 2 is 1.94 bits per heavy atom. The number of anilines is 1. The second-order valence-corrected chi connectivity index (χ2v) is 5.18. The van der Waals surface area contributed by atoms with Gasteiger partial charge in [0.15, 0.2) is 0 Å². The molecule has 1 aromatic rings. The molecule has 1 aliphatic rings. The molecular formula is C14H22N2O. The number of hydrogen-bond acceptors (Lipinski definition) is 3. The van der Waals surface area contributed by atoms with Crippen LogP contribution in [0.2, 0.25) is 0 Å². The first-order chi connectivity index (χ1) is 8.15. The van der Waals surface area contributed by atoms with E-state index in [1.807, 2.05) is 24.3 Å². The van der Waals surface area contributed by atoms with Crippen molar-refractivity contribution in [3.8, 4) is 5.75 Å². The smallest absolute Gasteiger partial charge is 0.119 e. The summed E-state index contributed by atoms with van der Waals surface area (Å²) in [5, 5.41) is 0. The maximum atomic E-state index is 5.67. The van der Waals surface area contributed by atoms with Gasteiger partial charge >= 0.3 is 0 Å². The molecule has 1 fully saturated rings. The van der Waals surface area contributed by atoms with Crippen molar-refractivity contribution in [3.05, 3.63) is 24.3 Å². The number of nitrogen functional groups attached to an aromatic ring is 1. The van der Waals surface area contributed by atoms with Crippen LogP contribution in [0.15, 0.2) is 24.3 Å². The Balaban J connectivity index is 1.63. The average molecular weight is 234 g/mol. The van der Waals surface area contributed by atoms with E-state index in [2.05, 4.69) is 18.7 Å². The molecule has 0 spiro atoms. The first-order valence-electron chi connectivity index (χ1n) is 6.36. The van der Waals surface area contributed by atoms with Crippen molar-refractivity contribution in [3.63, 3.8) is 0 Å². The van der Waals surface area contributed by atoms with Gasteiger partial charge in [0.25, 0.3) is 0 Å². The number of hydrogen-bond donors (Lipinski definition) is 1. The SMILES string of the molecule is CC(C)C1CN(CCOc2ccc(N)cc2)C1. The van der Waals surface area contributed by atoms with Crippen molar-refractivity contribution in [1.82, 2.24) is 4.90 Å². The monoisotopic (exact) mass is 234 g/mol. The molecule has 2 N–H and O–H groups in total. The highest BCUT2D eigenvalue weighted by molar-refractivity contribution is 5.41. The Labute approximate surface area is 104 Å². The van der Waals surface area contributed by atoms with E-state index in [1.54, 1.807) is 0 Å². The second kappa shape index (κ2) is 5.41. The summed E-state index contributed by atoms with van der Waals surface area (Å²) in [6.45, 7) is 8.83. The van der Waals surface area contributed by atoms with Crippen LogP contribution in [0.4, 0.5) is 5.69 Å². The molecule has 3 heteroatoms. The fourth-order valence-corrected chi connectivity index (χ4v) is 2.07. The summed E-state index contributed by atoms with van der Waals surface area (Å²) < 4.78 is 5.67. The summed E-state index contributed by atoms with van der Waals surface area (Å²) >= 11 is 0. The van der Waals surface area contributed by atoms with Crippen LogP contribution < -0.4 is 10.5 Å². The van der Waals surface area contributed by atoms with E-state index in [9.17, 15) is 0 Å². The molecule has 0 aliphatic carbocycles. The van der Waals surface area contributed by atoms with Crippen LogP contribution in [0.5, 0.6) is 5.75 Å². The minimum atomic E-state index is 0.759. The Morgan fingerprint density at radius 1 is 1.29 bits per heavy atom. The summed E-state index contributed by atoms with van der Waals surface area (Å²) in [7, 11) is 0. The second-order valence-electron chi connectivity index (χ2n) is 5.18. The molecule has 0 saturated carbocycles. The topological polar surface area (TPSA) is 38.5 Å². The highest BCUT2D eigenvalue weighted by Crippen LogP contribution is 2.22. The van der Waals surface area contributed by atoms with Gasteiger partial charge in [0.05, 0.1) is 0 Å². The van der Waals surface area contributed by atoms with Crippen LogP contribution in [-0.2, 0) is 0 Å². The zero-order valence-corrected chi connectivity index (χ0v) is 10.7. The highest BCUT2D eigenvalue weighted by Gasteiger charge is 2.28. The average Bonchev–Trinajstić information content (AvgIpc) is 2.23. The van der Waals surface area contributed by atoms with Crippen molar-refractivity contribution in [1.29, 1.82) is 0 Å². The largest absolute Gasteiger partial charge is 0.492 e. The minimum Gasteiger partial charge on any atom is -0.492 e. The predicted octanol–water partition coefficient (Wildman–Crippen LogP) is 2.24. The standard InChI is InChI=1S/C14H22N2O/c1-11(2)12-9-16(10-12)7-8-17-14-5-3-13(15)4-6-14/h3-6,11-12H,7-10,15H2,1-2H3. The lowest BCUT2D eigenvalue weighted by Crippen LogP contribution is -2.50. The number of ether oxygens (including phenoxy) is 1. The van der Waals surface area contributed by atoms with Gasteiger partial charge in [-0.2, -0.15) is 0 Å². The summed E-state index contributed by atoms with van der Waals surface area (Å²) in [4.78, 5) is 2.45. The molecule has 94 valence electrons. The normalized spacial score (nSPS) is 17.1. The van der Waals surface area contributed by atoms with Gasteiger partial charge in [0, 0.05) is 25.3 Å². The maximum absolute atomic E-state index is 5.67. The molecule has 1 aliphatic heterocycles. The lowest BCUT2D eigenvalue weighted by molar-refractivity contribution is 0.0556. The Kier molecular flexibility index (Phi) is 3.89. The Morgan fingerprint density at radius 3 is 2.53 bits per heavy atom. The van der Waals surface area contributed by atoms with Gasteiger partial charge in [-0.15, -0.1) is 0 Å². The molecular weight excluding hydrogens is 212 g/mol. The van der Waals surface area contributed by atoms with E-state index < -0.39 is 0 Å². The van der Waals surface area contributed by atoms with Crippen LogP contribution >= 0.6 is 0 Å². The molecule has 2 rings (SSSR count). The first kappa shape index (κ1) is 12.2. The van der Waals surface area contributed by atoms with Crippen molar-refractivity contribution >= 4 is 5.69 Å². The zero-order chi connectivity index (χ0) is 12.3. The maximum Gasteiger partial charge on any atom is 0.119 e. The molecule has 3 nitrogen and oxygen atoms in total. The molecule has 1 heterocycles. The molecule has 0 unspecified atom stereocenters. The number of likely N-dealkylation sites (tertiary alicyclic amines) is 1. The first-order valence-corrected chi connectivity index (χ1v) is 6.36. The van der Waals surface area contributed by atoms with E-state index in [0.717, 1.165) is 36.4 Å². The van der Waals surface area contributed by atoms with Gasteiger partial charge in [-0.05, 0) is 36.1 Å². The Bertz CT molecular complexity index is 342. The quantitative estimate of drug-likeness (QED) is 0.794. The molecule has 0 radical (unpaired) electrons. The lowest BCUT2D eigenvalue weighted by Gasteiger charge is -2.41. The van der Waals surface area contributed by atoms with Crippen LogP contribution in [0.25, 0.3) is 0 Å². The number of nitrogens with two attached hydrogens (primary N) is 1. The number of nitrogens with zero attached hydrogens (tertiary/aromatic N) is 1. The van der Waals surface area contributed by atoms with Crippen molar-refractivity contribution in [2.24, 2.45) is 11.8 Å². The van der Waals surface area contributed by atoms with Crippen molar-refractivity contribution < 1.29 is 4.74 Å². The van der Waals surface area contributed by atoms with E-state index in [0.29, 0.717) is 0 Å². The summed E-state index contributed by atoms with van der Waals surface area (Å²) in [6.07, 6.45) is 0. The van der Waals surface area contributed by atoms with E-state index in [4.69, 9.17) is 10.5 Å². The predicted molar refractivity (Wildman–Crippen MR) is 71.1 cm³/mol. The van der Waals surface area contributed by atoms with E-state index in [1.165, 1.54) is 13.1 Å². The van der Waals surface area contributed by atoms with Gasteiger partial charge < -0.3 is 10.5 Å². The molecule has 17 heavy (non-hydrogen) atoms. The van der Waals surface area contributed by atoms with Gasteiger partial charge in [-0.25, -0.2) is 0 Å². The molecule has 0 aromatic heterocycles. The molecule has 1 saturated heterocycles. The third-order valence-electron chi connectivity index (χ3n) is 3.48. The fourth-order valence-electron chi connectivity index (χ4n) is 2.07. The van der Waals surface area contributed by atoms with Gasteiger partial charge in [-0.3, -0.25) is 4.90 Å². The summed E-state index contributed by atoms with van der Waals surface area (Å²) in [5.74, 6) is 2.59. The van der Waals surface area contributed by atoms with Crippen molar-refractivity contribution in [2.75, 3.05) is 32.0 Å². The van der Waals surface area contributed by atoms with Crippen LogP contribution in [0.1, 0.15) is 13.8 Å². The molecule has 1 aromatic carbocycles. The van der Waals surface area contributed by atoms with E-state index >= 15 is 0 Å². The summed E-state index contributed by atoms with van der Waals surface area (Å²) in [6, 6.07) is 7.58. The fraction of sp³-hybridized carbons (Fsp3) is 0.571. The molecule has 0 bridgehead atoms. The molecule has 0 amide bonds. The third-order valence-corrected chi connectivity index (χ3v) is 3.48. The van der Waals surface area contributed by atoms with Crippen LogP contribution in [0.3, 0.4) is 0 Å². The van der Waals surface area contributed by atoms with Gasteiger partial charge in [0.2, 0.25) is 0 Å². The molecule has 0 atom stereocenters. The van der Waals surface area contributed by atoms with Gasteiger partial charge in [0.1, 0.15) is 12.4 Å². The Hall–Kier alpha value is -1.22. The van der Waals surface area contributed by atoms with Crippen LogP contribution in [-0.4, -0.2) is 31.1 Å². The zero-order valence-electron chi connectivity index (χ0n) is 10.7. The van der Waals surface area contributed by atoms with Gasteiger partial charge in [-0.1, -0.05) is 13.8 Å². The third kappa shape index (κ3) is 3.37. The van der Waals surface area contributed by atoms with Crippen molar-refractivity contribution in [2.45, 2.75) is 13.8 Å². The van der Waals surface area contributed by atoms with Crippen LogP contribution in [0, 0.1) is 11.8 Å². The summed E-state index contributed by atoms with van der Waals surface area (Å²) in [5.41, 5.74) is 6.39. The number of benzene rings is 1. The lowest BCUT2D eigenvalue weighted by atomic mass is 9.88. The minimum absolute atomic E-state index is 0.759. The van der Waals surface area contributed by atoms with E-state index in [-0.39, 0.29) is 0 Å².